The normalized spacial score (nSPS) is 31.7. The maximum atomic E-state index is 6.02. The molecule has 1 aliphatic carbocycles. The summed E-state index contributed by atoms with van der Waals surface area (Å²) in [7, 11) is 4.27. The van der Waals surface area contributed by atoms with Crippen LogP contribution in [0, 0.1) is 0 Å². The Morgan fingerprint density at radius 3 is 2.33 bits per heavy atom. The summed E-state index contributed by atoms with van der Waals surface area (Å²) in [5.74, 6) is 0. The quantitative estimate of drug-likeness (QED) is 0.786. The molecule has 2 fully saturated rings. The molecule has 1 N–H and O–H groups in total. The molecule has 0 aromatic carbocycles. The van der Waals surface area contributed by atoms with Crippen molar-refractivity contribution >= 4 is 0 Å². The highest BCUT2D eigenvalue weighted by Crippen LogP contribution is 2.20. The van der Waals surface area contributed by atoms with Gasteiger partial charge in [0.15, 0.2) is 0 Å². The first-order chi connectivity index (χ1) is 8.78. The fourth-order valence-electron chi connectivity index (χ4n) is 2.94. The molecule has 4 heteroatoms. The van der Waals surface area contributed by atoms with Crippen LogP contribution in [0.4, 0.5) is 0 Å². The first-order valence-electron chi connectivity index (χ1n) is 7.47. The van der Waals surface area contributed by atoms with E-state index in [9.17, 15) is 0 Å². The van der Waals surface area contributed by atoms with Crippen molar-refractivity contribution in [1.82, 2.24) is 15.1 Å². The van der Waals surface area contributed by atoms with Gasteiger partial charge in [0.05, 0.1) is 12.7 Å². The molecule has 1 aliphatic heterocycles. The van der Waals surface area contributed by atoms with E-state index in [1.54, 1.807) is 0 Å². The summed E-state index contributed by atoms with van der Waals surface area (Å²) >= 11 is 0. The minimum atomic E-state index is 0.516. The highest BCUT2D eigenvalue weighted by atomic mass is 16.5. The van der Waals surface area contributed by atoms with E-state index in [4.69, 9.17) is 4.74 Å². The van der Waals surface area contributed by atoms with Gasteiger partial charge in [0.2, 0.25) is 0 Å². The Bertz CT molecular complexity index is 221. The molecule has 2 aliphatic rings. The second kappa shape index (κ2) is 7.43. The number of nitrogens with zero attached hydrogens (tertiary/aromatic N) is 2. The van der Waals surface area contributed by atoms with Gasteiger partial charge in [0.25, 0.3) is 0 Å². The van der Waals surface area contributed by atoms with Crippen LogP contribution in [0.1, 0.15) is 25.7 Å². The number of hydrogen-bond donors (Lipinski definition) is 1. The number of rotatable bonds is 5. The summed E-state index contributed by atoms with van der Waals surface area (Å²) in [6, 6.07) is 0.725. The Morgan fingerprint density at radius 2 is 1.72 bits per heavy atom. The first-order valence-corrected chi connectivity index (χ1v) is 7.47. The van der Waals surface area contributed by atoms with E-state index in [-0.39, 0.29) is 0 Å². The predicted molar refractivity (Wildman–Crippen MR) is 75.0 cm³/mol. The minimum Gasteiger partial charge on any atom is -0.377 e. The zero-order valence-electron chi connectivity index (χ0n) is 12.0. The second-order valence-corrected chi connectivity index (χ2v) is 5.78. The van der Waals surface area contributed by atoms with Gasteiger partial charge in [-0.3, -0.25) is 4.90 Å². The topological polar surface area (TPSA) is 27.7 Å². The fraction of sp³-hybridized carbons (Fsp3) is 1.00. The van der Waals surface area contributed by atoms with Gasteiger partial charge in [-0.15, -0.1) is 0 Å². The van der Waals surface area contributed by atoms with Crippen molar-refractivity contribution in [2.75, 3.05) is 53.4 Å². The molecule has 0 atom stereocenters. The maximum absolute atomic E-state index is 6.02. The van der Waals surface area contributed by atoms with Gasteiger partial charge in [-0.05, 0) is 39.8 Å². The third-order valence-electron chi connectivity index (χ3n) is 4.44. The molecule has 106 valence electrons. The van der Waals surface area contributed by atoms with E-state index in [0.29, 0.717) is 6.10 Å². The summed E-state index contributed by atoms with van der Waals surface area (Å²) in [5.41, 5.74) is 0. The number of piperazine rings is 1. The highest BCUT2D eigenvalue weighted by molar-refractivity contribution is 4.76. The Labute approximate surface area is 112 Å². The summed E-state index contributed by atoms with van der Waals surface area (Å²) in [6.45, 7) is 6.83. The Balaban J connectivity index is 1.53. The van der Waals surface area contributed by atoms with E-state index in [2.05, 4.69) is 29.2 Å². The molecule has 2 rings (SSSR count). The molecule has 0 bridgehead atoms. The molecule has 0 aromatic heterocycles. The summed E-state index contributed by atoms with van der Waals surface area (Å²) in [4.78, 5) is 4.93. The van der Waals surface area contributed by atoms with E-state index in [1.807, 2.05) is 0 Å². The van der Waals surface area contributed by atoms with Gasteiger partial charge < -0.3 is 15.0 Å². The molecule has 18 heavy (non-hydrogen) atoms. The highest BCUT2D eigenvalue weighted by Gasteiger charge is 2.20. The predicted octanol–water partition coefficient (Wildman–Crippen LogP) is 0.781. The van der Waals surface area contributed by atoms with Crippen LogP contribution in [0.15, 0.2) is 0 Å². The molecule has 0 unspecified atom stereocenters. The summed E-state index contributed by atoms with van der Waals surface area (Å²) < 4.78 is 6.02. The van der Waals surface area contributed by atoms with Crippen LogP contribution in [-0.2, 0) is 4.74 Å². The number of likely N-dealkylation sites (N-methyl/N-ethyl adjacent to an activating group) is 1. The van der Waals surface area contributed by atoms with Crippen molar-refractivity contribution in [3.63, 3.8) is 0 Å². The van der Waals surface area contributed by atoms with E-state index in [1.165, 1.54) is 51.9 Å². The van der Waals surface area contributed by atoms with Gasteiger partial charge >= 0.3 is 0 Å². The van der Waals surface area contributed by atoms with Gasteiger partial charge in [-0.2, -0.15) is 0 Å². The minimum absolute atomic E-state index is 0.516. The standard InChI is InChI=1S/C14H29N3O/c1-15-13-3-5-14(6-4-13)18-12-11-17-9-7-16(2)8-10-17/h13-15H,3-12H2,1-2H3. The van der Waals surface area contributed by atoms with Crippen molar-refractivity contribution in [2.45, 2.75) is 37.8 Å². The van der Waals surface area contributed by atoms with Crippen LogP contribution in [-0.4, -0.2) is 75.4 Å². The zero-order valence-corrected chi connectivity index (χ0v) is 12.0. The lowest BCUT2D eigenvalue weighted by Crippen LogP contribution is -2.45. The van der Waals surface area contributed by atoms with Crippen molar-refractivity contribution in [2.24, 2.45) is 0 Å². The van der Waals surface area contributed by atoms with Gasteiger partial charge in [-0.1, -0.05) is 0 Å². The Hall–Kier alpha value is -0.160. The molecule has 1 heterocycles. The number of ether oxygens (including phenoxy) is 1. The zero-order chi connectivity index (χ0) is 12.8. The maximum Gasteiger partial charge on any atom is 0.0597 e. The van der Waals surface area contributed by atoms with Crippen molar-refractivity contribution in [3.8, 4) is 0 Å². The fourth-order valence-corrected chi connectivity index (χ4v) is 2.94. The monoisotopic (exact) mass is 255 g/mol. The van der Waals surface area contributed by atoms with Crippen LogP contribution >= 0.6 is 0 Å². The van der Waals surface area contributed by atoms with Crippen LogP contribution in [0.25, 0.3) is 0 Å². The van der Waals surface area contributed by atoms with Crippen LogP contribution in [0.5, 0.6) is 0 Å². The smallest absolute Gasteiger partial charge is 0.0597 e. The number of hydrogen-bond acceptors (Lipinski definition) is 4. The third kappa shape index (κ3) is 4.50. The van der Waals surface area contributed by atoms with Crippen molar-refractivity contribution in [1.29, 1.82) is 0 Å². The molecule has 0 radical (unpaired) electrons. The molecule has 0 spiro atoms. The number of nitrogens with one attached hydrogen (secondary N) is 1. The van der Waals surface area contributed by atoms with Gasteiger partial charge in [0, 0.05) is 38.8 Å². The Kier molecular flexibility index (Phi) is 5.89. The molecular formula is C14H29N3O. The molecule has 4 nitrogen and oxygen atoms in total. The average molecular weight is 255 g/mol. The van der Waals surface area contributed by atoms with Crippen LogP contribution in [0.2, 0.25) is 0 Å². The molecule has 1 saturated heterocycles. The largest absolute Gasteiger partial charge is 0.377 e. The average Bonchev–Trinajstić information content (AvgIpc) is 2.42. The van der Waals surface area contributed by atoms with E-state index < -0.39 is 0 Å². The van der Waals surface area contributed by atoms with Crippen LogP contribution in [0.3, 0.4) is 0 Å². The SMILES string of the molecule is CNC1CCC(OCCN2CCN(C)CC2)CC1. The molecular weight excluding hydrogens is 226 g/mol. The lowest BCUT2D eigenvalue weighted by Gasteiger charge is -2.33. The summed E-state index contributed by atoms with van der Waals surface area (Å²) in [6.07, 6.45) is 5.52. The van der Waals surface area contributed by atoms with Gasteiger partial charge in [-0.25, -0.2) is 0 Å². The van der Waals surface area contributed by atoms with E-state index in [0.717, 1.165) is 19.2 Å². The Morgan fingerprint density at radius 1 is 1.06 bits per heavy atom. The molecule has 0 amide bonds. The first kappa shape index (κ1) is 14.3. The van der Waals surface area contributed by atoms with Gasteiger partial charge in [0.1, 0.15) is 0 Å². The molecule has 1 saturated carbocycles. The van der Waals surface area contributed by atoms with E-state index >= 15 is 0 Å². The second-order valence-electron chi connectivity index (χ2n) is 5.78. The molecule has 0 aromatic rings. The summed E-state index contributed by atoms with van der Waals surface area (Å²) in [5, 5.41) is 3.37. The van der Waals surface area contributed by atoms with Crippen molar-refractivity contribution in [3.05, 3.63) is 0 Å². The lowest BCUT2D eigenvalue weighted by atomic mass is 9.93. The lowest BCUT2D eigenvalue weighted by molar-refractivity contribution is 0.00650. The third-order valence-corrected chi connectivity index (χ3v) is 4.44. The van der Waals surface area contributed by atoms with Crippen LogP contribution < -0.4 is 5.32 Å². The van der Waals surface area contributed by atoms with Crippen molar-refractivity contribution < 1.29 is 4.74 Å².